The first-order valence-corrected chi connectivity index (χ1v) is 18.7. The maximum atomic E-state index is 12.1. The van der Waals surface area contributed by atoms with E-state index in [4.69, 9.17) is 16.0 Å². The van der Waals surface area contributed by atoms with Crippen LogP contribution in [0, 0.1) is 0 Å². The Morgan fingerprint density at radius 1 is 0.618 bits per heavy atom. The van der Waals surface area contributed by atoms with Crippen molar-refractivity contribution in [2.75, 3.05) is 31.3 Å². The molecule has 0 saturated carbocycles. The van der Waals surface area contributed by atoms with Crippen molar-refractivity contribution in [3.05, 3.63) is 12.2 Å². The molecule has 0 spiro atoms. The summed E-state index contributed by atoms with van der Waals surface area (Å²) in [6, 6.07) is 0. The van der Waals surface area contributed by atoms with Crippen LogP contribution in [0.15, 0.2) is 12.2 Å². The molecular weight excluding hydrogens is 459 g/mol. The number of unbranched alkanes of at least 4 members (excludes halogenated alkanes) is 15. The third-order valence-corrected chi connectivity index (χ3v) is 15.1. The van der Waals surface area contributed by atoms with Gasteiger partial charge < -0.3 is 0 Å². The van der Waals surface area contributed by atoms with Gasteiger partial charge in [-0.05, 0) is 0 Å². The normalized spacial score (nSPS) is 12.9. The van der Waals surface area contributed by atoms with Gasteiger partial charge in [-0.25, -0.2) is 0 Å². The Balaban J connectivity index is 5.18. The van der Waals surface area contributed by atoms with E-state index in [1.54, 1.807) is 6.92 Å². The summed E-state index contributed by atoms with van der Waals surface area (Å²) in [5, 5.41) is 0. The summed E-state index contributed by atoms with van der Waals surface area (Å²) in [5.74, 6) is -2.70. The van der Waals surface area contributed by atoms with E-state index >= 15 is 0 Å². The Bertz CT molecular complexity index is 476. The van der Waals surface area contributed by atoms with Crippen molar-refractivity contribution in [2.45, 2.75) is 143 Å². The second kappa shape index (κ2) is 21.1. The molecule has 0 aliphatic rings. The van der Waals surface area contributed by atoms with E-state index in [-0.39, 0.29) is 5.97 Å². The number of carbonyl (C=O) groups is 1. The minimum atomic E-state index is -2.44. The molecule has 0 aromatic heterocycles. The van der Waals surface area contributed by atoms with Gasteiger partial charge in [-0.15, -0.1) is 0 Å². The zero-order valence-corrected chi connectivity index (χ0v) is 25.3. The van der Waals surface area contributed by atoms with Gasteiger partial charge in [0.2, 0.25) is 0 Å². The van der Waals surface area contributed by atoms with Crippen LogP contribution < -0.4 is 0 Å². The number of carbonyl (C=O) groups excluding carboxylic acids is 1. The van der Waals surface area contributed by atoms with E-state index in [0.29, 0.717) is 12.2 Å². The van der Waals surface area contributed by atoms with Gasteiger partial charge in [0.15, 0.2) is 0 Å². The Morgan fingerprint density at radius 2 is 0.941 bits per heavy atom. The summed E-state index contributed by atoms with van der Waals surface area (Å²) < 4.78 is 5.61. The summed E-state index contributed by atoms with van der Waals surface area (Å²) in [6.07, 6.45) is 28.0. The molecule has 204 valence electrons. The van der Waals surface area contributed by atoms with Crippen LogP contribution in [0.25, 0.3) is 0 Å². The van der Waals surface area contributed by atoms with Crippen molar-refractivity contribution in [1.82, 2.24) is 0 Å². The zero-order valence-electron chi connectivity index (χ0n) is 23.6. The second-order valence-corrected chi connectivity index (χ2v) is 19.2. The van der Waals surface area contributed by atoms with Gasteiger partial charge >= 0.3 is 219 Å². The van der Waals surface area contributed by atoms with Crippen molar-refractivity contribution >= 4 is 23.2 Å². The summed E-state index contributed by atoms with van der Waals surface area (Å²) in [7, 11) is 0. The number of hydrogen-bond acceptors (Lipinski definition) is 2. The van der Waals surface area contributed by atoms with Crippen LogP contribution in [-0.4, -0.2) is 37.2 Å². The predicted octanol–water partition coefficient (Wildman–Crippen LogP) is 10.9. The first-order valence-electron chi connectivity index (χ1n) is 14.9. The summed E-state index contributed by atoms with van der Waals surface area (Å²) >= 11 is 7.90. The van der Waals surface area contributed by atoms with Crippen LogP contribution in [0.4, 0.5) is 0 Å². The van der Waals surface area contributed by atoms with Crippen molar-refractivity contribution < 1.29 is 9.53 Å². The van der Waals surface area contributed by atoms with Crippen LogP contribution in [0.1, 0.15) is 143 Å². The molecule has 0 fully saturated rings. The first kappa shape index (κ1) is 33.9. The average molecular weight is 519 g/mol. The molecule has 0 aliphatic heterocycles. The van der Waals surface area contributed by atoms with Gasteiger partial charge in [0, 0.05) is 0 Å². The quantitative estimate of drug-likeness (QED) is 0.0519. The summed E-state index contributed by atoms with van der Waals surface area (Å²) in [5.41, 5.74) is 0.484. The van der Waals surface area contributed by atoms with Crippen molar-refractivity contribution in [2.24, 2.45) is 0 Å². The van der Waals surface area contributed by atoms with E-state index in [1.807, 2.05) is 0 Å². The predicted molar refractivity (Wildman–Crippen MR) is 158 cm³/mol. The molecule has 4 heteroatoms. The fourth-order valence-corrected chi connectivity index (χ4v) is 11.2. The van der Waals surface area contributed by atoms with E-state index in [1.165, 1.54) is 134 Å². The number of hydrogen-bond donors (Lipinski definition) is 0. The molecule has 0 atom stereocenters. The van der Waals surface area contributed by atoms with Crippen LogP contribution >= 0.6 is 17.2 Å². The molecule has 0 amide bonds. The van der Waals surface area contributed by atoms with Gasteiger partial charge in [-0.1, -0.05) is 0 Å². The van der Waals surface area contributed by atoms with Crippen LogP contribution in [0.2, 0.25) is 0 Å². The molecule has 2 nitrogen and oxygen atoms in total. The number of esters is 1. The molecule has 0 radical (unpaired) electrons. The fraction of sp³-hybridized carbons (Fsp3) is 0.900. The molecule has 34 heavy (non-hydrogen) atoms. The average Bonchev–Trinajstić information content (AvgIpc) is 2.81. The monoisotopic (exact) mass is 518 g/mol. The van der Waals surface area contributed by atoms with Crippen LogP contribution in [0.5, 0.6) is 0 Å². The van der Waals surface area contributed by atoms with E-state index in [0.717, 1.165) is 6.16 Å². The second-order valence-electron chi connectivity index (χ2n) is 10.9. The molecule has 0 N–H and O–H groups in total. The Morgan fingerprint density at radius 3 is 1.26 bits per heavy atom. The molecule has 0 saturated heterocycles. The van der Waals surface area contributed by atoms with E-state index in [9.17, 15) is 4.79 Å². The topological polar surface area (TPSA) is 26.3 Å². The maximum absolute atomic E-state index is 12.1. The Hall–Kier alpha value is -0.0700. The van der Waals surface area contributed by atoms with Crippen molar-refractivity contribution in [1.29, 1.82) is 0 Å². The van der Waals surface area contributed by atoms with Crippen LogP contribution in [-0.2, 0) is 9.53 Å². The molecule has 0 heterocycles. The first-order chi connectivity index (χ1) is 16.3. The summed E-state index contributed by atoms with van der Waals surface area (Å²) in [4.78, 5) is 12.1. The molecule has 0 aliphatic carbocycles. The molecule has 0 rings (SSSR count). The van der Waals surface area contributed by atoms with Gasteiger partial charge in [0.05, 0.1) is 0 Å². The Kier molecular flexibility index (Phi) is 21.0. The molecule has 0 aromatic carbocycles. The summed E-state index contributed by atoms with van der Waals surface area (Å²) in [6.45, 7) is 12.8. The SMILES string of the molecule is C=C(C)C(=O)OCCP(Cl)(CCCCCCCC)(CCCCCCCC)CCCCCCCC. The molecule has 0 aromatic rings. The van der Waals surface area contributed by atoms with E-state index in [2.05, 4.69) is 27.4 Å². The third-order valence-electron chi connectivity index (χ3n) is 7.44. The number of ether oxygens (including phenoxy) is 1. The molecule has 0 bridgehead atoms. The fourth-order valence-electron chi connectivity index (χ4n) is 5.02. The van der Waals surface area contributed by atoms with Crippen LogP contribution in [0.3, 0.4) is 0 Å². The van der Waals surface area contributed by atoms with Crippen molar-refractivity contribution in [3.63, 3.8) is 0 Å². The van der Waals surface area contributed by atoms with Gasteiger partial charge in [-0.2, -0.15) is 0 Å². The standard InChI is InChI=1S/C30H60ClO2P/c1-6-9-12-15-18-21-25-34(31,26-22-19-16-13-10-7-2,27-23-20-17-14-11-8-3)28-24-33-30(32)29(4)5/h4,6-28H2,1-3,5H3. The van der Waals surface area contributed by atoms with Gasteiger partial charge in [0.25, 0.3) is 0 Å². The Labute approximate surface area is 219 Å². The van der Waals surface area contributed by atoms with Crippen molar-refractivity contribution in [3.8, 4) is 0 Å². The molecular formula is C30H60ClO2P. The zero-order chi connectivity index (χ0) is 25.6. The van der Waals surface area contributed by atoms with Gasteiger partial charge in [0.1, 0.15) is 0 Å². The number of halogens is 1. The minimum absolute atomic E-state index is 0.263. The number of rotatable bonds is 25. The van der Waals surface area contributed by atoms with E-state index < -0.39 is 5.96 Å². The molecule has 0 unspecified atom stereocenters. The third kappa shape index (κ3) is 17.4. The van der Waals surface area contributed by atoms with Gasteiger partial charge in [-0.3, -0.25) is 0 Å².